The van der Waals surface area contributed by atoms with Gasteiger partial charge in [0.05, 0.1) is 16.4 Å². The van der Waals surface area contributed by atoms with E-state index in [1.807, 2.05) is 0 Å². The monoisotopic (exact) mass is 311 g/mol. The fourth-order valence-electron chi connectivity index (χ4n) is 3.81. The van der Waals surface area contributed by atoms with Gasteiger partial charge in [0.1, 0.15) is 0 Å². The van der Waals surface area contributed by atoms with Crippen LogP contribution in [0.3, 0.4) is 0 Å². The minimum Gasteiger partial charge on any atom is -0.316 e. The van der Waals surface area contributed by atoms with E-state index in [0.29, 0.717) is 11.5 Å². The number of likely N-dealkylation sites (N-methyl/N-ethyl adjacent to an activating group) is 1. The Kier molecular flexibility index (Phi) is 5.73. The lowest BCUT2D eigenvalue weighted by atomic mass is 9.69. The molecule has 2 rings (SSSR count). The average molecular weight is 312 g/mol. The van der Waals surface area contributed by atoms with Crippen molar-refractivity contribution >= 4 is 11.6 Å². The summed E-state index contributed by atoms with van der Waals surface area (Å²) in [5, 5.41) is 9.11. The average Bonchev–Trinajstić information content (AvgIpc) is 2.80. The van der Waals surface area contributed by atoms with Crippen molar-refractivity contribution in [2.75, 3.05) is 7.05 Å². The summed E-state index contributed by atoms with van der Waals surface area (Å²) >= 11 is 6.58. The molecule has 1 aromatic rings. The Bertz CT molecular complexity index is 461. The lowest BCUT2D eigenvalue weighted by molar-refractivity contribution is 0.147. The second kappa shape index (κ2) is 7.15. The molecule has 1 heterocycles. The van der Waals surface area contributed by atoms with E-state index >= 15 is 0 Å². The van der Waals surface area contributed by atoms with Crippen molar-refractivity contribution < 1.29 is 0 Å². The Labute approximate surface area is 134 Å². The van der Waals surface area contributed by atoms with E-state index in [4.69, 9.17) is 11.6 Å². The number of nitrogens with zero attached hydrogens (tertiary/aromatic N) is 2. The molecule has 1 unspecified atom stereocenters. The predicted molar refractivity (Wildman–Crippen MR) is 90.0 cm³/mol. The highest BCUT2D eigenvalue weighted by Crippen LogP contribution is 2.40. The molecule has 0 amide bonds. The van der Waals surface area contributed by atoms with Gasteiger partial charge in [0.15, 0.2) is 0 Å². The van der Waals surface area contributed by atoms with E-state index in [2.05, 4.69) is 42.9 Å². The molecule has 0 aromatic carbocycles. The number of aromatic nitrogens is 2. The highest BCUT2D eigenvalue weighted by Gasteiger charge is 2.35. The number of hydrogen-bond acceptors (Lipinski definition) is 2. The minimum atomic E-state index is 0.381. The van der Waals surface area contributed by atoms with Crippen LogP contribution in [-0.2, 0) is 19.4 Å². The van der Waals surface area contributed by atoms with Crippen LogP contribution in [0.15, 0.2) is 0 Å². The van der Waals surface area contributed by atoms with Crippen molar-refractivity contribution in [2.45, 2.75) is 78.3 Å². The molecule has 1 fully saturated rings. The zero-order valence-electron chi connectivity index (χ0n) is 14.0. The summed E-state index contributed by atoms with van der Waals surface area (Å²) in [6.07, 6.45) is 8.62. The van der Waals surface area contributed by atoms with E-state index in [9.17, 15) is 0 Å². The summed E-state index contributed by atoms with van der Waals surface area (Å²) in [4.78, 5) is 0. The van der Waals surface area contributed by atoms with Crippen molar-refractivity contribution in [1.29, 1.82) is 0 Å². The molecule has 1 saturated carbocycles. The van der Waals surface area contributed by atoms with E-state index < -0.39 is 0 Å². The second-order valence-electron chi connectivity index (χ2n) is 6.64. The van der Waals surface area contributed by atoms with Crippen LogP contribution < -0.4 is 5.32 Å². The van der Waals surface area contributed by atoms with Crippen LogP contribution in [0, 0.1) is 5.41 Å². The second-order valence-corrected chi connectivity index (χ2v) is 7.01. The first-order valence-corrected chi connectivity index (χ1v) is 8.84. The molecular formula is C17H30ClN3. The van der Waals surface area contributed by atoms with Crippen molar-refractivity contribution in [2.24, 2.45) is 5.41 Å². The number of halogens is 1. The molecule has 1 aliphatic carbocycles. The Morgan fingerprint density at radius 1 is 1.29 bits per heavy atom. The number of nitrogens with one attached hydrogen (secondary N) is 1. The summed E-state index contributed by atoms with van der Waals surface area (Å²) in [5.41, 5.74) is 2.63. The molecular weight excluding hydrogens is 282 g/mol. The number of hydrogen-bond donors (Lipinski definition) is 1. The standard InChI is InChI=1S/C17H30ClN3/c1-5-13-16(18)14(21(6-2)20-13)12-15(19-4)17(3)10-8-7-9-11-17/h15,19H,5-12H2,1-4H3. The molecule has 1 N–H and O–H groups in total. The first kappa shape index (κ1) is 16.8. The van der Waals surface area contributed by atoms with Crippen LogP contribution in [0.1, 0.15) is 64.3 Å². The van der Waals surface area contributed by atoms with Gasteiger partial charge in [0, 0.05) is 19.0 Å². The van der Waals surface area contributed by atoms with Crippen LogP contribution in [0.5, 0.6) is 0 Å². The maximum absolute atomic E-state index is 6.58. The van der Waals surface area contributed by atoms with Crippen LogP contribution >= 0.6 is 11.6 Å². The molecule has 1 aliphatic rings. The van der Waals surface area contributed by atoms with Crippen LogP contribution in [0.25, 0.3) is 0 Å². The van der Waals surface area contributed by atoms with Gasteiger partial charge < -0.3 is 5.32 Å². The molecule has 0 radical (unpaired) electrons. The molecule has 1 atom stereocenters. The third kappa shape index (κ3) is 3.45. The van der Waals surface area contributed by atoms with E-state index in [-0.39, 0.29) is 0 Å². The predicted octanol–water partition coefficient (Wildman–Crippen LogP) is 4.22. The number of aryl methyl sites for hydroxylation is 2. The summed E-state index contributed by atoms with van der Waals surface area (Å²) < 4.78 is 2.09. The quantitative estimate of drug-likeness (QED) is 0.852. The molecule has 4 heteroatoms. The minimum absolute atomic E-state index is 0.381. The highest BCUT2D eigenvalue weighted by molar-refractivity contribution is 6.31. The smallest absolute Gasteiger partial charge is 0.0850 e. The zero-order valence-corrected chi connectivity index (χ0v) is 14.8. The fraction of sp³-hybridized carbons (Fsp3) is 0.824. The highest BCUT2D eigenvalue weighted by atomic mass is 35.5. The van der Waals surface area contributed by atoms with Crippen LogP contribution in [-0.4, -0.2) is 22.9 Å². The summed E-state index contributed by atoms with van der Waals surface area (Å²) in [6.45, 7) is 7.59. The van der Waals surface area contributed by atoms with Crippen LogP contribution in [0.4, 0.5) is 0 Å². The Hall–Kier alpha value is -0.540. The van der Waals surface area contributed by atoms with Gasteiger partial charge in [0.25, 0.3) is 0 Å². The summed E-state index contributed by atoms with van der Waals surface area (Å²) in [7, 11) is 2.09. The maximum Gasteiger partial charge on any atom is 0.0850 e. The van der Waals surface area contributed by atoms with Crippen LogP contribution in [0.2, 0.25) is 5.02 Å². The normalized spacial score (nSPS) is 19.7. The molecule has 21 heavy (non-hydrogen) atoms. The third-order valence-electron chi connectivity index (χ3n) is 5.28. The Morgan fingerprint density at radius 2 is 1.95 bits per heavy atom. The molecule has 0 aliphatic heterocycles. The van der Waals surface area contributed by atoms with Crippen molar-refractivity contribution in [1.82, 2.24) is 15.1 Å². The first-order chi connectivity index (χ1) is 10.1. The first-order valence-electron chi connectivity index (χ1n) is 8.47. The lowest BCUT2D eigenvalue weighted by Gasteiger charge is -2.41. The maximum atomic E-state index is 6.58. The van der Waals surface area contributed by atoms with Gasteiger partial charge in [-0.05, 0) is 38.6 Å². The van der Waals surface area contributed by atoms with E-state index in [0.717, 1.165) is 30.1 Å². The van der Waals surface area contributed by atoms with Gasteiger partial charge in [-0.2, -0.15) is 5.10 Å². The van der Waals surface area contributed by atoms with Crippen molar-refractivity contribution in [3.8, 4) is 0 Å². The van der Waals surface area contributed by atoms with Gasteiger partial charge >= 0.3 is 0 Å². The van der Waals surface area contributed by atoms with E-state index in [1.54, 1.807) is 0 Å². The van der Waals surface area contributed by atoms with Gasteiger partial charge in [-0.3, -0.25) is 4.68 Å². The lowest BCUT2D eigenvalue weighted by Crippen LogP contribution is -2.45. The van der Waals surface area contributed by atoms with Crippen molar-refractivity contribution in [3.05, 3.63) is 16.4 Å². The van der Waals surface area contributed by atoms with Gasteiger partial charge in [-0.1, -0.05) is 44.7 Å². The Morgan fingerprint density at radius 3 is 2.48 bits per heavy atom. The molecule has 120 valence electrons. The molecule has 0 spiro atoms. The van der Waals surface area contributed by atoms with Gasteiger partial charge in [-0.25, -0.2) is 0 Å². The van der Waals surface area contributed by atoms with Crippen molar-refractivity contribution in [3.63, 3.8) is 0 Å². The Balaban J connectivity index is 2.24. The fourth-order valence-corrected chi connectivity index (χ4v) is 4.16. The third-order valence-corrected chi connectivity index (χ3v) is 5.71. The molecule has 3 nitrogen and oxygen atoms in total. The topological polar surface area (TPSA) is 29.9 Å². The van der Waals surface area contributed by atoms with Gasteiger partial charge in [0.2, 0.25) is 0 Å². The summed E-state index contributed by atoms with van der Waals surface area (Å²) in [5.74, 6) is 0. The van der Waals surface area contributed by atoms with Gasteiger partial charge in [-0.15, -0.1) is 0 Å². The molecule has 0 bridgehead atoms. The molecule has 1 aromatic heterocycles. The van der Waals surface area contributed by atoms with E-state index in [1.165, 1.54) is 37.8 Å². The zero-order chi connectivity index (χ0) is 15.5. The molecule has 0 saturated heterocycles. The summed E-state index contributed by atoms with van der Waals surface area (Å²) in [6, 6.07) is 0.474. The largest absolute Gasteiger partial charge is 0.316 e. The number of rotatable bonds is 6. The SMILES string of the molecule is CCc1nn(CC)c(CC(NC)C2(C)CCCCC2)c1Cl.